The maximum absolute atomic E-state index is 13.1. The van der Waals surface area contributed by atoms with Gasteiger partial charge in [0, 0.05) is 51.5 Å². The summed E-state index contributed by atoms with van der Waals surface area (Å²) in [4.78, 5) is 28.9. The van der Waals surface area contributed by atoms with Crippen LogP contribution in [0.15, 0.2) is 18.3 Å². The molecule has 174 valence electrons. The number of amides is 2. The van der Waals surface area contributed by atoms with E-state index < -0.39 is 15.6 Å². The number of carbonyl (C=O) groups is 2. The van der Waals surface area contributed by atoms with Crippen molar-refractivity contribution in [1.82, 2.24) is 18.7 Å². The second-order valence-electron chi connectivity index (χ2n) is 9.09. The third-order valence-corrected chi connectivity index (χ3v) is 7.67. The zero-order valence-electron chi connectivity index (χ0n) is 18.9. The predicted octanol–water partition coefficient (Wildman–Crippen LogP) is 2.17. The fourth-order valence-electron chi connectivity index (χ4n) is 4.06. The lowest BCUT2D eigenvalue weighted by molar-refractivity contribution is 0.0186. The molecule has 9 nitrogen and oxygen atoms in total. The third-order valence-electron chi connectivity index (χ3n) is 5.79. The Bertz CT molecular complexity index is 889. The number of aromatic nitrogens is 1. The Hall–Kier alpha value is -2.07. The minimum Gasteiger partial charge on any atom is -0.444 e. The van der Waals surface area contributed by atoms with Gasteiger partial charge in [-0.1, -0.05) is 0 Å². The van der Waals surface area contributed by atoms with Crippen LogP contribution in [-0.4, -0.2) is 89.7 Å². The molecule has 0 aromatic carbocycles. The van der Waals surface area contributed by atoms with Gasteiger partial charge in [0.1, 0.15) is 11.3 Å². The summed E-state index contributed by atoms with van der Waals surface area (Å²) in [5, 5.41) is 0. The molecule has 2 saturated heterocycles. The van der Waals surface area contributed by atoms with E-state index in [2.05, 4.69) is 0 Å². The Labute approximate surface area is 185 Å². The number of likely N-dealkylation sites (tertiary alicyclic amines) is 1. The summed E-state index contributed by atoms with van der Waals surface area (Å²) in [5.74, 6) is -0.000628. The van der Waals surface area contributed by atoms with Crippen LogP contribution in [0.4, 0.5) is 4.79 Å². The largest absolute Gasteiger partial charge is 0.444 e. The second-order valence-corrected chi connectivity index (χ2v) is 11.3. The van der Waals surface area contributed by atoms with Gasteiger partial charge in [0.25, 0.3) is 5.91 Å². The molecular weight excluding hydrogens is 420 g/mol. The van der Waals surface area contributed by atoms with Crippen molar-refractivity contribution < 1.29 is 22.7 Å². The minimum atomic E-state index is -3.23. The van der Waals surface area contributed by atoms with E-state index in [0.29, 0.717) is 45.0 Å². The molecule has 2 fully saturated rings. The van der Waals surface area contributed by atoms with E-state index in [1.54, 1.807) is 16.7 Å². The van der Waals surface area contributed by atoms with Crippen molar-refractivity contribution in [3.05, 3.63) is 24.0 Å². The first-order valence-electron chi connectivity index (χ1n) is 10.9. The van der Waals surface area contributed by atoms with Gasteiger partial charge in [-0.15, -0.1) is 0 Å². The van der Waals surface area contributed by atoms with Crippen LogP contribution >= 0.6 is 0 Å². The van der Waals surface area contributed by atoms with Gasteiger partial charge in [-0.2, -0.15) is 4.31 Å². The van der Waals surface area contributed by atoms with E-state index in [4.69, 9.17) is 4.74 Å². The first kappa shape index (κ1) is 23.6. The number of nitrogens with zero attached hydrogens (tertiary/aromatic N) is 4. The molecule has 0 spiro atoms. The zero-order chi connectivity index (χ0) is 22.8. The normalized spacial score (nSPS) is 19.5. The molecule has 0 saturated carbocycles. The van der Waals surface area contributed by atoms with E-state index >= 15 is 0 Å². The standard InChI is InChI=1S/C21H34N4O5S/c1-5-31(28,29)24-15-13-22(14-16-24)19(26)18-7-6-10-25(18)17-8-11-23(12-9-17)20(27)30-21(2,3)4/h6-7,10,17H,5,8-9,11-16H2,1-4H3. The molecule has 0 bridgehead atoms. The Morgan fingerprint density at radius 2 is 1.65 bits per heavy atom. The van der Waals surface area contributed by atoms with Gasteiger partial charge in [0.2, 0.25) is 10.0 Å². The maximum atomic E-state index is 13.1. The van der Waals surface area contributed by atoms with Crippen LogP contribution in [0, 0.1) is 0 Å². The average molecular weight is 455 g/mol. The quantitative estimate of drug-likeness (QED) is 0.695. The summed E-state index contributed by atoms with van der Waals surface area (Å²) >= 11 is 0. The molecule has 1 aromatic rings. The molecule has 2 amide bonds. The van der Waals surface area contributed by atoms with Crippen molar-refractivity contribution in [3.8, 4) is 0 Å². The van der Waals surface area contributed by atoms with Gasteiger partial charge < -0.3 is 19.1 Å². The molecular formula is C21H34N4O5S. The van der Waals surface area contributed by atoms with Crippen molar-refractivity contribution in [1.29, 1.82) is 0 Å². The van der Waals surface area contributed by atoms with Crippen LogP contribution in [0.3, 0.4) is 0 Å². The van der Waals surface area contributed by atoms with Crippen LogP contribution in [0.25, 0.3) is 0 Å². The van der Waals surface area contributed by atoms with Gasteiger partial charge in [0.05, 0.1) is 5.75 Å². The highest BCUT2D eigenvalue weighted by molar-refractivity contribution is 7.89. The summed E-state index contributed by atoms with van der Waals surface area (Å²) < 4.78 is 33.0. The van der Waals surface area contributed by atoms with Crippen molar-refractivity contribution in [2.24, 2.45) is 0 Å². The molecule has 2 aliphatic rings. The van der Waals surface area contributed by atoms with Crippen molar-refractivity contribution >= 4 is 22.0 Å². The van der Waals surface area contributed by atoms with Crippen LogP contribution in [-0.2, 0) is 14.8 Å². The summed E-state index contributed by atoms with van der Waals surface area (Å²) in [6, 6.07) is 3.82. The van der Waals surface area contributed by atoms with Gasteiger partial charge in [-0.05, 0) is 52.7 Å². The van der Waals surface area contributed by atoms with E-state index in [0.717, 1.165) is 12.8 Å². The van der Waals surface area contributed by atoms with E-state index in [1.807, 2.05) is 43.7 Å². The lowest BCUT2D eigenvalue weighted by Gasteiger charge is -2.36. The van der Waals surface area contributed by atoms with Crippen molar-refractivity contribution in [2.75, 3.05) is 45.0 Å². The van der Waals surface area contributed by atoms with Crippen LogP contribution in [0.5, 0.6) is 0 Å². The highest BCUT2D eigenvalue weighted by atomic mass is 32.2. The van der Waals surface area contributed by atoms with Gasteiger partial charge in [0.15, 0.2) is 0 Å². The van der Waals surface area contributed by atoms with Gasteiger partial charge in [-0.25, -0.2) is 13.2 Å². The van der Waals surface area contributed by atoms with Crippen molar-refractivity contribution in [2.45, 2.75) is 52.2 Å². The fourth-order valence-corrected chi connectivity index (χ4v) is 5.15. The summed E-state index contributed by atoms with van der Waals surface area (Å²) in [7, 11) is -3.23. The minimum absolute atomic E-state index is 0.0752. The van der Waals surface area contributed by atoms with Gasteiger partial charge >= 0.3 is 6.09 Å². The molecule has 0 N–H and O–H groups in total. The summed E-state index contributed by atoms with van der Waals surface area (Å²) in [5.41, 5.74) is 0.0940. The second kappa shape index (κ2) is 9.20. The number of carbonyl (C=O) groups excluding carboxylic acids is 2. The molecule has 0 radical (unpaired) electrons. The van der Waals surface area contributed by atoms with Gasteiger partial charge in [-0.3, -0.25) is 4.79 Å². The van der Waals surface area contributed by atoms with Crippen LogP contribution in [0.2, 0.25) is 0 Å². The molecule has 3 rings (SSSR count). The Morgan fingerprint density at radius 3 is 2.19 bits per heavy atom. The highest BCUT2D eigenvalue weighted by Crippen LogP contribution is 2.26. The smallest absolute Gasteiger partial charge is 0.410 e. The van der Waals surface area contributed by atoms with E-state index in [-0.39, 0.29) is 23.8 Å². The maximum Gasteiger partial charge on any atom is 0.410 e. The highest BCUT2D eigenvalue weighted by Gasteiger charge is 2.32. The molecule has 31 heavy (non-hydrogen) atoms. The average Bonchev–Trinajstić information content (AvgIpc) is 3.22. The first-order chi connectivity index (χ1) is 14.5. The monoisotopic (exact) mass is 454 g/mol. The Morgan fingerprint density at radius 1 is 1.03 bits per heavy atom. The van der Waals surface area contributed by atoms with E-state index in [1.165, 1.54) is 4.31 Å². The zero-order valence-corrected chi connectivity index (χ0v) is 19.7. The molecule has 0 unspecified atom stereocenters. The number of piperazine rings is 1. The number of piperidine rings is 1. The third kappa shape index (κ3) is 5.60. The summed E-state index contributed by atoms with van der Waals surface area (Å²) in [6.45, 7) is 9.80. The molecule has 0 aliphatic carbocycles. The fraction of sp³-hybridized carbons (Fsp3) is 0.714. The SMILES string of the molecule is CCS(=O)(=O)N1CCN(C(=O)c2cccn2C2CCN(C(=O)OC(C)(C)C)CC2)CC1. The lowest BCUT2D eigenvalue weighted by atomic mass is 10.0. The molecule has 0 atom stereocenters. The first-order valence-corrected chi connectivity index (χ1v) is 12.5. The number of rotatable bonds is 4. The Kier molecular flexibility index (Phi) is 7.00. The molecule has 10 heteroatoms. The lowest BCUT2D eigenvalue weighted by Crippen LogP contribution is -2.51. The molecule has 3 heterocycles. The number of hydrogen-bond acceptors (Lipinski definition) is 5. The predicted molar refractivity (Wildman–Crippen MR) is 117 cm³/mol. The number of ether oxygens (including phenoxy) is 1. The summed E-state index contributed by atoms with van der Waals surface area (Å²) in [6.07, 6.45) is 3.11. The van der Waals surface area contributed by atoms with Crippen LogP contribution in [0.1, 0.15) is 57.1 Å². The topological polar surface area (TPSA) is 92.2 Å². The number of sulfonamides is 1. The van der Waals surface area contributed by atoms with Crippen molar-refractivity contribution in [3.63, 3.8) is 0 Å². The molecule has 2 aliphatic heterocycles. The molecule has 1 aromatic heterocycles. The Balaban J connectivity index is 1.59. The number of hydrogen-bond donors (Lipinski definition) is 0. The van der Waals surface area contributed by atoms with E-state index in [9.17, 15) is 18.0 Å². The van der Waals surface area contributed by atoms with Crippen LogP contribution < -0.4 is 0 Å².